The number of Topliss-reactive ketones (excluding diaryl/α,β-unsaturated/α-hetero) is 1. The second-order valence-electron chi connectivity index (χ2n) is 4.68. The molecule has 1 aromatic carbocycles. The van der Waals surface area contributed by atoms with Gasteiger partial charge in [0, 0.05) is 22.2 Å². The fourth-order valence-electron chi connectivity index (χ4n) is 1.98. The predicted molar refractivity (Wildman–Crippen MR) is 73.2 cm³/mol. The fourth-order valence-corrected chi connectivity index (χ4v) is 2.54. The highest BCUT2D eigenvalue weighted by molar-refractivity contribution is 9.10. The molecule has 0 bridgehead atoms. The summed E-state index contributed by atoms with van der Waals surface area (Å²) in [6.07, 6.45) is 4.48. The number of carbonyl (C=O) groups excluding carboxylic acids is 1. The quantitative estimate of drug-likeness (QED) is 0.810. The zero-order chi connectivity index (χ0) is 12.7. The zero-order valence-corrected chi connectivity index (χ0v) is 11.6. The van der Waals surface area contributed by atoms with Crippen LogP contribution >= 0.6 is 15.9 Å². The Labute approximate surface area is 114 Å². The van der Waals surface area contributed by atoms with E-state index in [9.17, 15) is 4.79 Å². The van der Waals surface area contributed by atoms with Crippen molar-refractivity contribution >= 4 is 21.7 Å². The maximum absolute atomic E-state index is 11.3. The number of aromatic nitrogens is 2. The minimum atomic E-state index is 0.0707. The first-order chi connectivity index (χ1) is 8.65. The van der Waals surface area contributed by atoms with Crippen molar-refractivity contribution in [2.24, 2.45) is 0 Å². The van der Waals surface area contributed by atoms with Gasteiger partial charge in [0.15, 0.2) is 5.78 Å². The van der Waals surface area contributed by atoms with Crippen molar-refractivity contribution < 1.29 is 4.79 Å². The van der Waals surface area contributed by atoms with Gasteiger partial charge in [0.2, 0.25) is 0 Å². The van der Waals surface area contributed by atoms with Crippen LogP contribution in [0.25, 0.3) is 5.69 Å². The van der Waals surface area contributed by atoms with Crippen molar-refractivity contribution in [3.8, 4) is 5.69 Å². The van der Waals surface area contributed by atoms with Gasteiger partial charge in [-0.3, -0.25) is 4.79 Å². The number of benzene rings is 1. The molecule has 1 heterocycles. The summed E-state index contributed by atoms with van der Waals surface area (Å²) in [7, 11) is 0. The first-order valence-electron chi connectivity index (χ1n) is 6.01. The van der Waals surface area contributed by atoms with Gasteiger partial charge >= 0.3 is 0 Å². The molecule has 1 aromatic heterocycles. The molecule has 2 aromatic rings. The molecular weight excluding hydrogens is 292 g/mol. The predicted octanol–water partition coefficient (Wildman–Crippen LogP) is 3.71. The lowest BCUT2D eigenvalue weighted by atomic mass is 10.1. The molecule has 18 heavy (non-hydrogen) atoms. The SMILES string of the molecule is CC(=O)c1ccc(-n2ccc(C3CC3)n2)c(Br)c1. The average Bonchev–Trinajstić information content (AvgIpc) is 3.08. The molecule has 3 nitrogen and oxygen atoms in total. The van der Waals surface area contributed by atoms with E-state index in [4.69, 9.17) is 0 Å². The van der Waals surface area contributed by atoms with Crippen LogP contribution in [-0.2, 0) is 0 Å². The highest BCUT2D eigenvalue weighted by Gasteiger charge is 2.26. The summed E-state index contributed by atoms with van der Waals surface area (Å²) in [5.74, 6) is 0.725. The second-order valence-corrected chi connectivity index (χ2v) is 5.54. The van der Waals surface area contributed by atoms with Gasteiger partial charge in [0.1, 0.15) is 0 Å². The summed E-state index contributed by atoms with van der Waals surface area (Å²) in [5, 5.41) is 4.58. The highest BCUT2D eigenvalue weighted by Crippen LogP contribution is 2.39. The third-order valence-electron chi connectivity index (χ3n) is 3.21. The smallest absolute Gasteiger partial charge is 0.159 e. The summed E-state index contributed by atoms with van der Waals surface area (Å²) >= 11 is 3.50. The van der Waals surface area contributed by atoms with Crippen molar-refractivity contribution in [3.63, 3.8) is 0 Å². The lowest BCUT2D eigenvalue weighted by molar-refractivity contribution is 0.101. The van der Waals surface area contributed by atoms with Crippen molar-refractivity contribution in [2.45, 2.75) is 25.7 Å². The average molecular weight is 305 g/mol. The molecule has 3 rings (SSSR count). The largest absolute Gasteiger partial charge is 0.295 e. The molecule has 0 unspecified atom stereocenters. The zero-order valence-electron chi connectivity index (χ0n) is 10.1. The molecule has 0 spiro atoms. The fraction of sp³-hybridized carbons (Fsp3) is 0.286. The number of hydrogen-bond donors (Lipinski definition) is 0. The first kappa shape index (κ1) is 11.7. The topological polar surface area (TPSA) is 34.9 Å². The third-order valence-corrected chi connectivity index (χ3v) is 3.84. The lowest BCUT2D eigenvalue weighted by Crippen LogP contribution is -1.99. The van der Waals surface area contributed by atoms with Gasteiger partial charge in [0.05, 0.1) is 11.4 Å². The minimum absolute atomic E-state index is 0.0707. The Kier molecular flexibility index (Phi) is 2.82. The van der Waals surface area contributed by atoms with Crippen LogP contribution in [0, 0.1) is 0 Å². The third kappa shape index (κ3) is 2.12. The van der Waals surface area contributed by atoms with Gasteiger partial charge in [0.25, 0.3) is 0 Å². The number of rotatable bonds is 3. The Hall–Kier alpha value is -1.42. The molecule has 0 N–H and O–H groups in total. The molecule has 1 saturated carbocycles. The number of ketones is 1. The number of nitrogens with zero attached hydrogens (tertiary/aromatic N) is 2. The molecule has 0 radical (unpaired) electrons. The summed E-state index contributed by atoms with van der Waals surface area (Å²) in [5.41, 5.74) is 2.84. The molecule has 0 amide bonds. The first-order valence-corrected chi connectivity index (χ1v) is 6.81. The van der Waals surface area contributed by atoms with Gasteiger partial charge < -0.3 is 0 Å². The number of carbonyl (C=O) groups is 1. The normalized spacial score (nSPS) is 14.8. The number of halogens is 1. The van der Waals surface area contributed by atoms with Crippen LogP contribution < -0.4 is 0 Å². The van der Waals surface area contributed by atoms with Crippen molar-refractivity contribution in [1.29, 1.82) is 0 Å². The van der Waals surface area contributed by atoms with Crippen LogP contribution in [0.1, 0.15) is 41.7 Å². The Balaban J connectivity index is 1.97. The molecule has 0 saturated heterocycles. The maximum Gasteiger partial charge on any atom is 0.159 e. The van der Waals surface area contributed by atoms with E-state index in [2.05, 4.69) is 27.1 Å². The van der Waals surface area contributed by atoms with Crippen LogP contribution in [0.3, 0.4) is 0 Å². The van der Waals surface area contributed by atoms with Gasteiger partial charge in [-0.1, -0.05) is 0 Å². The van der Waals surface area contributed by atoms with Crippen LogP contribution in [0.4, 0.5) is 0 Å². The summed E-state index contributed by atoms with van der Waals surface area (Å²) in [4.78, 5) is 11.3. The van der Waals surface area contributed by atoms with Crippen LogP contribution in [0.2, 0.25) is 0 Å². The van der Waals surface area contributed by atoms with Crippen molar-refractivity contribution in [3.05, 3.63) is 46.2 Å². The molecular formula is C14H13BrN2O. The van der Waals surface area contributed by atoms with Crippen molar-refractivity contribution in [1.82, 2.24) is 9.78 Å². The van der Waals surface area contributed by atoms with Gasteiger partial charge in [-0.2, -0.15) is 5.10 Å². The molecule has 1 fully saturated rings. The molecule has 1 aliphatic rings. The summed E-state index contributed by atoms with van der Waals surface area (Å²) in [6, 6.07) is 7.67. The second kappa shape index (κ2) is 4.35. The van der Waals surface area contributed by atoms with E-state index >= 15 is 0 Å². The molecule has 4 heteroatoms. The summed E-state index contributed by atoms with van der Waals surface area (Å²) < 4.78 is 2.75. The lowest BCUT2D eigenvalue weighted by Gasteiger charge is -2.06. The molecule has 92 valence electrons. The van der Waals surface area contributed by atoms with Gasteiger partial charge in [-0.05, 0) is 60.0 Å². The van der Waals surface area contributed by atoms with Crippen molar-refractivity contribution in [2.75, 3.05) is 0 Å². The van der Waals surface area contributed by atoms with E-state index in [0.29, 0.717) is 11.5 Å². The Bertz CT molecular complexity index is 614. The maximum atomic E-state index is 11.3. The highest BCUT2D eigenvalue weighted by atomic mass is 79.9. The van der Waals surface area contributed by atoms with E-state index in [0.717, 1.165) is 15.9 Å². The Morgan fingerprint density at radius 3 is 2.78 bits per heavy atom. The van der Waals surface area contributed by atoms with E-state index in [-0.39, 0.29) is 5.78 Å². The number of hydrogen-bond acceptors (Lipinski definition) is 2. The molecule has 0 aliphatic heterocycles. The standard InChI is InChI=1S/C14H13BrN2O/c1-9(18)11-4-5-14(12(15)8-11)17-7-6-13(16-17)10-2-3-10/h4-8,10H,2-3H2,1H3. The van der Waals surface area contributed by atoms with E-state index < -0.39 is 0 Å². The van der Waals surface area contributed by atoms with Crippen LogP contribution in [0.5, 0.6) is 0 Å². The van der Waals surface area contributed by atoms with Crippen LogP contribution in [-0.4, -0.2) is 15.6 Å². The Morgan fingerprint density at radius 1 is 1.39 bits per heavy atom. The van der Waals surface area contributed by atoms with Crippen LogP contribution in [0.15, 0.2) is 34.9 Å². The Morgan fingerprint density at radius 2 is 2.17 bits per heavy atom. The summed E-state index contributed by atoms with van der Waals surface area (Å²) in [6.45, 7) is 1.57. The van der Waals surface area contributed by atoms with E-state index in [1.54, 1.807) is 6.92 Å². The molecule has 1 aliphatic carbocycles. The van der Waals surface area contributed by atoms with E-state index in [1.165, 1.54) is 12.8 Å². The molecule has 0 atom stereocenters. The van der Waals surface area contributed by atoms with Gasteiger partial charge in [-0.25, -0.2) is 4.68 Å². The monoisotopic (exact) mass is 304 g/mol. The minimum Gasteiger partial charge on any atom is -0.295 e. The van der Waals surface area contributed by atoms with Gasteiger partial charge in [-0.15, -0.1) is 0 Å². The van der Waals surface area contributed by atoms with E-state index in [1.807, 2.05) is 29.1 Å².